The fourth-order valence-corrected chi connectivity index (χ4v) is 5.31. The molecule has 1 saturated heterocycles. The van der Waals surface area contributed by atoms with Gasteiger partial charge in [0.05, 0.1) is 12.6 Å². The summed E-state index contributed by atoms with van der Waals surface area (Å²) in [6.07, 6.45) is 7.15. The van der Waals surface area contributed by atoms with Gasteiger partial charge >= 0.3 is 6.03 Å². The Balaban J connectivity index is 2.05. The third-order valence-electron chi connectivity index (χ3n) is 8.06. The number of primary amides is 1. The number of urea groups is 1. The predicted molar refractivity (Wildman–Crippen MR) is 154 cm³/mol. The van der Waals surface area contributed by atoms with E-state index in [0.717, 1.165) is 38.5 Å². The van der Waals surface area contributed by atoms with Crippen LogP contribution in [0.15, 0.2) is 0 Å². The molecule has 0 spiro atoms. The molecule has 41 heavy (non-hydrogen) atoms. The Morgan fingerprint density at radius 2 is 1.66 bits per heavy atom. The molecule has 2 fully saturated rings. The maximum absolute atomic E-state index is 13.7. The largest absolute Gasteiger partial charge is 0.363 e. The number of nitrogens with zero attached hydrogens (tertiary/aromatic N) is 2. The van der Waals surface area contributed by atoms with Gasteiger partial charge in [-0.2, -0.15) is 0 Å². The highest BCUT2D eigenvalue weighted by atomic mass is 16.2. The molecule has 1 aliphatic carbocycles. The van der Waals surface area contributed by atoms with E-state index in [1.165, 1.54) is 4.90 Å². The number of amides is 6. The van der Waals surface area contributed by atoms with Crippen molar-refractivity contribution in [3.8, 4) is 0 Å². The van der Waals surface area contributed by atoms with Crippen LogP contribution in [0.2, 0.25) is 0 Å². The van der Waals surface area contributed by atoms with E-state index in [-0.39, 0.29) is 18.4 Å². The van der Waals surface area contributed by atoms with Gasteiger partial charge in [-0.3, -0.25) is 24.0 Å². The smallest absolute Gasteiger partial charge is 0.315 e. The van der Waals surface area contributed by atoms with Crippen molar-refractivity contribution in [1.29, 1.82) is 0 Å². The zero-order valence-corrected chi connectivity index (χ0v) is 25.4. The summed E-state index contributed by atoms with van der Waals surface area (Å²) in [4.78, 5) is 79.6. The molecule has 1 heterocycles. The fourth-order valence-electron chi connectivity index (χ4n) is 5.31. The van der Waals surface area contributed by atoms with E-state index < -0.39 is 53.1 Å². The summed E-state index contributed by atoms with van der Waals surface area (Å²) in [5, 5.41) is 7.97. The number of hydrogen-bond acceptors (Lipinski definition) is 6. The molecule has 1 unspecified atom stereocenters. The zero-order chi connectivity index (χ0) is 30.7. The van der Waals surface area contributed by atoms with Crippen LogP contribution in [-0.2, 0) is 24.0 Å². The minimum Gasteiger partial charge on any atom is -0.363 e. The molecule has 6 amide bonds. The number of nitrogens with two attached hydrogens (primary N) is 1. The Kier molecular flexibility index (Phi) is 13.0. The molecule has 0 aromatic carbocycles. The summed E-state index contributed by atoms with van der Waals surface area (Å²) in [5.41, 5.74) is 4.53. The number of hydrogen-bond donors (Lipinski definition) is 4. The molecule has 12 heteroatoms. The molecule has 12 nitrogen and oxygen atoms in total. The number of likely N-dealkylation sites (tertiary alicyclic amines) is 1. The van der Waals surface area contributed by atoms with Crippen LogP contribution in [0.3, 0.4) is 0 Å². The van der Waals surface area contributed by atoms with Gasteiger partial charge in [0.1, 0.15) is 12.1 Å². The third-order valence-corrected chi connectivity index (χ3v) is 8.06. The summed E-state index contributed by atoms with van der Waals surface area (Å²) in [7, 11) is 0. The minimum absolute atomic E-state index is 0.193. The van der Waals surface area contributed by atoms with Gasteiger partial charge in [0.15, 0.2) is 0 Å². The first kappa shape index (κ1) is 34.0. The molecule has 232 valence electrons. The van der Waals surface area contributed by atoms with Gasteiger partial charge in [0.2, 0.25) is 23.5 Å². The second kappa shape index (κ2) is 15.7. The van der Waals surface area contributed by atoms with Crippen LogP contribution in [0, 0.1) is 11.3 Å². The first-order valence-electron chi connectivity index (χ1n) is 15.1. The highest BCUT2D eigenvalue weighted by Crippen LogP contribution is 2.31. The van der Waals surface area contributed by atoms with E-state index >= 15 is 0 Å². The molecule has 0 bridgehead atoms. The van der Waals surface area contributed by atoms with Gasteiger partial charge in [-0.25, -0.2) is 4.79 Å². The van der Waals surface area contributed by atoms with Crippen LogP contribution >= 0.6 is 0 Å². The lowest BCUT2D eigenvalue weighted by atomic mass is 9.80. The second-order valence-corrected chi connectivity index (χ2v) is 12.3. The fraction of sp³-hybridized carbons (Fsp3) is 0.793. The average molecular weight is 579 g/mol. The minimum atomic E-state index is -1.10. The lowest BCUT2D eigenvalue weighted by molar-refractivity contribution is -0.143. The van der Waals surface area contributed by atoms with E-state index in [1.807, 2.05) is 6.92 Å². The van der Waals surface area contributed by atoms with Gasteiger partial charge in [-0.1, -0.05) is 59.8 Å². The summed E-state index contributed by atoms with van der Waals surface area (Å²) >= 11 is 0. The van der Waals surface area contributed by atoms with Crippen LogP contribution in [0.25, 0.3) is 0 Å². The quantitative estimate of drug-likeness (QED) is 0.169. The van der Waals surface area contributed by atoms with E-state index in [0.29, 0.717) is 38.9 Å². The first-order chi connectivity index (χ1) is 19.3. The first-order valence-corrected chi connectivity index (χ1v) is 15.1. The average Bonchev–Trinajstić information content (AvgIpc) is 3.38. The van der Waals surface area contributed by atoms with Crippen molar-refractivity contribution >= 4 is 35.4 Å². The molecular weight excluding hydrogens is 528 g/mol. The number of rotatable bonds is 15. The maximum atomic E-state index is 13.7. The lowest BCUT2D eigenvalue weighted by Gasteiger charge is -2.36. The van der Waals surface area contributed by atoms with Gasteiger partial charge < -0.3 is 31.5 Å². The Bertz CT molecular complexity index is 960. The Morgan fingerprint density at radius 3 is 2.20 bits per heavy atom. The van der Waals surface area contributed by atoms with E-state index in [4.69, 9.17) is 5.73 Å². The highest BCUT2D eigenvalue weighted by Gasteiger charge is 2.43. The standard InChI is InChI=1S/C29H50N6O6/c1-6-8-9-15-34(7-2)22(36)18-31-28(41)33-24(29(3,4)5)27(40)35-16-11-14-21(35)26(39)32-20(23(37)25(30)38)17-19-12-10-13-19/h19-21,24H,6-18H2,1-5H3,(H2,30,38)(H,32,39)(H2,31,33,41)/t20?,21-,24+/m0/s1. The summed E-state index contributed by atoms with van der Waals surface area (Å²) < 4.78 is 0. The van der Waals surface area contributed by atoms with Crippen molar-refractivity contribution in [2.24, 2.45) is 17.1 Å². The highest BCUT2D eigenvalue weighted by molar-refractivity contribution is 6.37. The van der Waals surface area contributed by atoms with Crippen molar-refractivity contribution in [2.45, 2.75) is 111 Å². The molecule has 1 saturated carbocycles. The maximum Gasteiger partial charge on any atom is 0.315 e. The summed E-state index contributed by atoms with van der Waals surface area (Å²) in [6, 6.07) is -3.49. The topological polar surface area (TPSA) is 171 Å². The van der Waals surface area contributed by atoms with Crippen molar-refractivity contribution < 1.29 is 28.8 Å². The molecule has 2 rings (SSSR count). The number of likely N-dealkylation sites (N-methyl/N-ethyl adjacent to an activating group) is 1. The Labute approximate surface area is 243 Å². The second-order valence-electron chi connectivity index (χ2n) is 12.3. The Hall–Kier alpha value is -3.18. The SMILES string of the molecule is CCCCCN(CC)C(=O)CNC(=O)N[C@H](C(=O)N1CCC[C@H]1C(=O)NC(CC1CCC1)C(=O)C(N)=O)C(C)(C)C. The molecule has 0 aromatic rings. The normalized spacial score (nSPS) is 18.6. The van der Waals surface area contributed by atoms with Crippen LogP contribution in [-0.4, -0.2) is 89.5 Å². The van der Waals surface area contributed by atoms with Crippen molar-refractivity contribution in [2.75, 3.05) is 26.2 Å². The zero-order valence-electron chi connectivity index (χ0n) is 25.4. The monoisotopic (exact) mass is 578 g/mol. The van der Waals surface area contributed by atoms with Crippen LogP contribution in [0.1, 0.15) is 92.4 Å². The predicted octanol–water partition coefficient (Wildman–Crippen LogP) is 1.46. The lowest BCUT2D eigenvalue weighted by Crippen LogP contribution is -2.60. The number of carbonyl (C=O) groups is 6. The van der Waals surface area contributed by atoms with Gasteiger partial charge in [-0.05, 0) is 43.9 Å². The van der Waals surface area contributed by atoms with E-state index in [9.17, 15) is 28.8 Å². The van der Waals surface area contributed by atoms with Crippen molar-refractivity contribution in [3.05, 3.63) is 0 Å². The molecule has 0 radical (unpaired) electrons. The number of carbonyl (C=O) groups excluding carboxylic acids is 6. The van der Waals surface area contributed by atoms with Gasteiger partial charge in [-0.15, -0.1) is 0 Å². The molecule has 0 aromatic heterocycles. The third kappa shape index (κ3) is 10.00. The molecule has 1 aliphatic heterocycles. The molecule has 5 N–H and O–H groups in total. The van der Waals surface area contributed by atoms with Crippen molar-refractivity contribution in [1.82, 2.24) is 25.8 Å². The summed E-state index contributed by atoms with van der Waals surface area (Å²) in [5.74, 6) is -2.84. The molecule has 2 aliphatic rings. The van der Waals surface area contributed by atoms with Crippen LogP contribution in [0.4, 0.5) is 4.79 Å². The molecule has 3 atom stereocenters. The van der Waals surface area contributed by atoms with E-state index in [1.54, 1.807) is 25.7 Å². The van der Waals surface area contributed by atoms with Crippen LogP contribution < -0.4 is 21.7 Å². The number of nitrogens with one attached hydrogen (secondary N) is 3. The van der Waals surface area contributed by atoms with E-state index in [2.05, 4.69) is 22.9 Å². The van der Waals surface area contributed by atoms with Crippen LogP contribution in [0.5, 0.6) is 0 Å². The van der Waals surface area contributed by atoms with Gasteiger partial charge in [0, 0.05) is 19.6 Å². The molecular formula is C29H50N6O6. The van der Waals surface area contributed by atoms with Crippen molar-refractivity contribution in [3.63, 3.8) is 0 Å². The number of Topliss-reactive ketones (excluding diaryl/α,β-unsaturated/α-hetero) is 1. The Morgan fingerprint density at radius 1 is 0.976 bits per heavy atom. The number of unbranched alkanes of at least 4 members (excludes halogenated alkanes) is 2. The summed E-state index contributed by atoms with van der Waals surface area (Å²) in [6.45, 7) is 10.7. The number of ketones is 1. The van der Waals surface area contributed by atoms with Gasteiger partial charge in [0.25, 0.3) is 5.91 Å².